The number of hydrogen-bond acceptors (Lipinski definition) is 6. The van der Waals surface area contributed by atoms with Crippen LogP contribution in [-0.4, -0.2) is 54.5 Å². The molecule has 4 aliphatic carbocycles. The summed E-state index contributed by atoms with van der Waals surface area (Å²) in [7, 11) is 0. The SMILES string of the molecule is CCC(C)(C)C(=O)OCCOC(=O)C(F)(F)C(F)(F)C(F)(F)C(=O)OC12CC3CC(CC(C3)C1)C2. The Bertz CT molecular complexity index is 820. The molecule has 0 heterocycles. The van der Waals surface area contributed by atoms with Gasteiger partial charge in [0.25, 0.3) is 0 Å². The number of rotatable bonds is 10. The highest BCUT2D eigenvalue weighted by atomic mass is 19.3. The first-order chi connectivity index (χ1) is 16.0. The molecular weight excluding hydrogens is 486 g/mol. The predicted molar refractivity (Wildman–Crippen MR) is 108 cm³/mol. The maximum Gasteiger partial charge on any atom is 0.411 e. The smallest absolute Gasteiger partial charge is 0.411 e. The molecule has 0 aliphatic heterocycles. The highest BCUT2D eigenvalue weighted by Crippen LogP contribution is 2.58. The Morgan fingerprint density at radius 2 is 1.14 bits per heavy atom. The van der Waals surface area contributed by atoms with Crippen LogP contribution in [0.2, 0.25) is 0 Å². The predicted octanol–water partition coefficient (Wildman–Crippen LogP) is 4.93. The second-order valence-electron chi connectivity index (χ2n) is 10.7. The van der Waals surface area contributed by atoms with Gasteiger partial charge in [0.2, 0.25) is 0 Å². The Labute approximate surface area is 199 Å². The van der Waals surface area contributed by atoms with E-state index < -0.39 is 59.9 Å². The molecule has 4 rings (SSSR count). The van der Waals surface area contributed by atoms with E-state index in [-0.39, 0.29) is 37.0 Å². The minimum absolute atomic E-state index is 0.108. The molecule has 200 valence electrons. The van der Waals surface area contributed by atoms with Gasteiger partial charge in [-0.3, -0.25) is 4.79 Å². The summed E-state index contributed by atoms with van der Waals surface area (Å²) in [5, 5.41) is 0. The molecule has 0 radical (unpaired) electrons. The number of esters is 3. The molecule has 4 saturated carbocycles. The molecule has 0 N–H and O–H groups in total. The zero-order valence-electron chi connectivity index (χ0n) is 19.8. The number of alkyl halides is 6. The standard InChI is InChI=1S/C23H30F6O6/c1-4-19(2,3)16(30)33-5-6-34-17(31)21(24,25)23(28,29)22(26,27)18(32)35-20-10-13-7-14(11-20)9-15(8-13)12-20/h13-15H,4-12H2,1-3H3. The second kappa shape index (κ2) is 9.14. The van der Waals surface area contributed by atoms with Crippen molar-refractivity contribution in [2.24, 2.45) is 23.2 Å². The molecule has 0 aromatic carbocycles. The van der Waals surface area contributed by atoms with E-state index in [1.807, 2.05) is 0 Å². The van der Waals surface area contributed by atoms with E-state index in [2.05, 4.69) is 4.74 Å². The van der Waals surface area contributed by atoms with Crippen molar-refractivity contribution in [2.45, 2.75) is 89.1 Å². The van der Waals surface area contributed by atoms with E-state index in [4.69, 9.17) is 9.47 Å². The molecule has 0 saturated heterocycles. The van der Waals surface area contributed by atoms with Gasteiger partial charge in [0.15, 0.2) is 0 Å². The van der Waals surface area contributed by atoms with E-state index in [0.717, 1.165) is 19.3 Å². The monoisotopic (exact) mass is 516 g/mol. The van der Waals surface area contributed by atoms with Gasteiger partial charge in [-0.15, -0.1) is 0 Å². The molecule has 0 aromatic rings. The number of ether oxygens (including phenoxy) is 3. The molecule has 6 nitrogen and oxygen atoms in total. The van der Waals surface area contributed by atoms with Crippen molar-refractivity contribution in [1.29, 1.82) is 0 Å². The maximum absolute atomic E-state index is 14.4. The van der Waals surface area contributed by atoms with Crippen LogP contribution in [-0.2, 0) is 28.6 Å². The Morgan fingerprint density at radius 3 is 1.57 bits per heavy atom. The van der Waals surface area contributed by atoms with Crippen LogP contribution in [0.4, 0.5) is 26.3 Å². The lowest BCUT2D eigenvalue weighted by Crippen LogP contribution is -2.63. The second-order valence-corrected chi connectivity index (χ2v) is 10.7. The normalized spacial score (nSPS) is 28.5. The fourth-order valence-electron chi connectivity index (χ4n) is 5.57. The van der Waals surface area contributed by atoms with Crippen molar-refractivity contribution in [3.8, 4) is 0 Å². The van der Waals surface area contributed by atoms with Crippen molar-refractivity contribution in [3.05, 3.63) is 0 Å². The fraction of sp³-hybridized carbons (Fsp3) is 0.870. The van der Waals surface area contributed by atoms with Crippen LogP contribution >= 0.6 is 0 Å². The van der Waals surface area contributed by atoms with Crippen LogP contribution in [0.25, 0.3) is 0 Å². The number of halogens is 6. The summed E-state index contributed by atoms with van der Waals surface area (Å²) in [5.74, 6) is -24.7. The van der Waals surface area contributed by atoms with Gasteiger partial charge in [-0.1, -0.05) is 6.92 Å². The Morgan fingerprint density at radius 1 is 0.743 bits per heavy atom. The largest absolute Gasteiger partial charge is 0.462 e. The summed E-state index contributed by atoms with van der Waals surface area (Å²) in [6.45, 7) is 2.92. The van der Waals surface area contributed by atoms with Crippen molar-refractivity contribution in [1.82, 2.24) is 0 Å². The third kappa shape index (κ3) is 4.98. The van der Waals surface area contributed by atoms with Crippen molar-refractivity contribution in [2.75, 3.05) is 13.2 Å². The molecule has 4 aliphatic rings. The highest BCUT2D eigenvalue weighted by Gasteiger charge is 2.80. The van der Waals surface area contributed by atoms with Crippen molar-refractivity contribution < 1.29 is 54.9 Å². The van der Waals surface area contributed by atoms with Gasteiger partial charge in [-0.2, -0.15) is 26.3 Å². The van der Waals surface area contributed by atoms with E-state index in [1.54, 1.807) is 6.92 Å². The minimum atomic E-state index is -6.42. The lowest BCUT2D eigenvalue weighted by molar-refractivity contribution is -0.307. The van der Waals surface area contributed by atoms with Crippen LogP contribution < -0.4 is 0 Å². The maximum atomic E-state index is 14.4. The van der Waals surface area contributed by atoms with Gasteiger partial charge >= 0.3 is 35.7 Å². The van der Waals surface area contributed by atoms with Gasteiger partial charge in [-0.25, -0.2) is 9.59 Å². The third-order valence-electron chi connectivity index (χ3n) is 7.58. The van der Waals surface area contributed by atoms with Gasteiger partial charge in [0.1, 0.15) is 18.8 Å². The van der Waals surface area contributed by atoms with Gasteiger partial charge in [0.05, 0.1) is 5.41 Å². The molecule has 0 aromatic heterocycles. The third-order valence-corrected chi connectivity index (χ3v) is 7.58. The molecule has 0 unspecified atom stereocenters. The summed E-state index contributed by atoms with van der Waals surface area (Å²) in [6, 6.07) is 0. The van der Waals surface area contributed by atoms with Gasteiger partial charge in [-0.05, 0) is 76.5 Å². The van der Waals surface area contributed by atoms with E-state index in [1.165, 1.54) is 13.8 Å². The average Bonchev–Trinajstić information content (AvgIpc) is 2.74. The molecular formula is C23H30F6O6. The van der Waals surface area contributed by atoms with E-state index in [9.17, 15) is 40.7 Å². The Kier molecular flexibility index (Phi) is 7.20. The quantitative estimate of drug-likeness (QED) is 0.177. The first-order valence-corrected chi connectivity index (χ1v) is 11.7. The summed E-state index contributed by atoms with van der Waals surface area (Å²) in [4.78, 5) is 35.5. The Balaban J connectivity index is 1.61. The fourth-order valence-corrected chi connectivity index (χ4v) is 5.57. The summed E-state index contributed by atoms with van der Waals surface area (Å²) >= 11 is 0. The lowest BCUT2D eigenvalue weighted by atomic mass is 9.54. The topological polar surface area (TPSA) is 78.9 Å². The molecule has 35 heavy (non-hydrogen) atoms. The van der Waals surface area contributed by atoms with Crippen LogP contribution in [0.15, 0.2) is 0 Å². The summed E-state index contributed by atoms with van der Waals surface area (Å²) < 4.78 is 99.3. The zero-order chi connectivity index (χ0) is 26.4. The Hall–Kier alpha value is -2.01. The van der Waals surface area contributed by atoms with Gasteiger partial charge in [0, 0.05) is 0 Å². The average molecular weight is 516 g/mol. The molecule has 12 heteroatoms. The van der Waals surface area contributed by atoms with E-state index in [0.29, 0.717) is 6.42 Å². The number of carbonyl (C=O) groups excluding carboxylic acids is 3. The lowest BCUT2D eigenvalue weighted by Gasteiger charge is -2.55. The molecule has 0 amide bonds. The minimum Gasteiger partial charge on any atom is -0.462 e. The number of carbonyl (C=O) groups is 3. The summed E-state index contributed by atoms with van der Waals surface area (Å²) in [6.07, 6.45) is 3.52. The van der Waals surface area contributed by atoms with E-state index >= 15 is 0 Å². The molecule has 0 atom stereocenters. The van der Waals surface area contributed by atoms with Crippen molar-refractivity contribution >= 4 is 17.9 Å². The number of hydrogen-bond donors (Lipinski definition) is 0. The molecule has 4 fully saturated rings. The molecule has 0 spiro atoms. The zero-order valence-corrected chi connectivity index (χ0v) is 19.8. The van der Waals surface area contributed by atoms with Crippen LogP contribution in [0.1, 0.15) is 65.7 Å². The summed E-state index contributed by atoms with van der Waals surface area (Å²) in [5.41, 5.74) is -2.31. The van der Waals surface area contributed by atoms with Crippen LogP contribution in [0.5, 0.6) is 0 Å². The van der Waals surface area contributed by atoms with Crippen LogP contribution in [0.3, 0.4) is 0 Å². The molecule has 4 bridgehead atoms. The highest BCUT2D eigenvalue weighted by molar-refractivity contribution is 5.85. The first kappa shape index (κ1) is 27.6. The van der Waals surface area contributed by atoms with Crippen LogP contribution in [0, 0.1) is 23.2 Å². The van der Waals surface area contributed by atoms with Crippen molar-refractivity contribution in [3.63, 3.8) is 0 Å². The first-order valence-electron chi connectivity index (χ1n) is 11.7. The van der Waals surface area contributed by atoms with Gasteiger partial charge < -0.3 is 14.2 Å².